The van der Waals surface area contributed by atoms with Crippen LogP contribution in [-0.2, 0) is 16.2 Å². The molecule has 1 spiro atoms. The van der Waals surface area contributed by atoms with Crippen molar-refractivity contribution >= 4 is 12.1 Å². The molecule has 10 nitrogen and oxygen atoms in total. The fourth-order valence-electron chi connectivity index (χ4n) is 5.67. The molecule has 2 aliphatic heterocycles. The van der Waals surface area contributed by atoms with Crippen molar-refractivity contribution in [3.8, 4) is 0 Å². The molecule has 2 bridgehead atoms. The number of urea groups is 1. The molecular formula is C26H33N5O5. The van der Waals surface area contributed by atoms with Crippen molar-refractivity contribution in [2.45, 2.75) is 89.1 Å². The predicted octanol–water partition coefficient (Wildman–Crippen LogP) is 4.30. The summed E-state index contributed by atoms with van der Waals surface area (Å²) in [5.74, 6) is 1.16. The van der Waals surface area contributed by atoms with E-state index in [1.54, 1.807) is 5.06 Å². The van der Waals surface area contributed by atoms with E-state index in [1.807, 2.05) is 56.0 Å². The summed E-state index contributed by atoms with van der Waals surface area (Å²) in [7, 11) is 0. The Morgan fingerprint density at radius 3 is 2.58 bits per heavy atom. The maximum absolute atomic E-state index is 13.3. The molecule has 192 valence electrons. The molecule has 1 aromatic heterocycles. The van der Waals surface area contributed by atoms with Gasteiger partial charge in [-0.05, 0) is 63.9 Å². The van der Waals surface area contributed by atoms with Gasteiger partial charge in [-0.15, -0.1) is 10.2 Å². The summed E-state index contributed by atoms with van der Waals surface area (Å²) in [5, 5.41) is 13.2. The number of carbonyl (C=O) groups is 2. The van der Waals surface area contributed by atoms with Crippen LogP contribution in [-0.4, -0.2) is 56.5 Å². The first kappa shape index (κ1) is 23.3. The minimum absolute atomic E-state index is 0.0286. The van der Waals surface area contributed by atoms with Gasteiger partial charge in [-0.2, -0.15) is 5.06 Å². The van der Waals surface area contributed by atoms with Crippen LogP contribution in [0.25, 0.3) is 0 Å². The van der Waals surface area contributed by atoms with Crippen LogP contribution in [0, 0.1) is 5.41 Å². The number of piperidine rings is 1. The van der Waals surface area contributed by atoms with Crippen molar-refractivity contribution in [1.82, 2.24) is 25.5 Å². The van der Waals surface area contributed by atoms with E-state index < -0.39 is 11.7 Å². The Labute approximate surface area is 210 Å². The number of ether oxygens (including phenoxy) is 1. The number of rotatable bonds is 6. The van der Waals surface area contributed by atoms with Gasteiger partial charge in [-0.1, -0.05) is 30.3 Å². The van der Waals surface area contributed by atoms with Crippen LogP contribution >= 0.6 is 0 Å². The van der Waals surface area contributed by atoms with E-state index in [0.29, 0.717) is 24.9 Å². The number of hydrogen-bond donors (Lipinski definition) is 1. The third kappa shape index (κ3) is 4.31. The van der Waals surface area contributed by atoms with Crippen LogP contribution < -0.4 is 5.32 Å². The second-order valence-corrected chi connectivity index (χ2v) is 11.6. The third-order valence-corrected chi connectivity index (χ3v) is 7.82. The summed E-state index contributed by atoms with van der Waals surface area (Å²) >= 11 is 0. The van der Waals surface area contributed by atoms with Gasteiger partial charge >= 0.3 is 12.1 Å². The number of aromatic nitrogens is 2. The van der Waals surface area contributed by atoms with E-state index >= 15 is 0 Å². The molecule has 2 atom stereocenters. The number of nitrogens with zero attached hydrogens (tertiary/aromatic N) is 4. The Hall–Kier alpha value is -3.14. The highest BCUT2D eigenvalue weighted by atomic mass is 16.7. The smallest absolute Gasteiger partial charge is 0.407 e. The van der Waals surface area contributed by atoms with Crippen LogP contribution in [0.4, 0.5) is 9.59 Å². The van der Waals surface area contributed by atoms with Crippen molar-refractivity contribution in [2.75, 3.05) is 6.54 Å². The first-order chi connectivity index (χ1) is 17.2. The van der Waals surface area contributed by atoms with E-state index in [-0.39, 0.29) is 35.5 Å². The molecule has 2 aliphatic carbocycles. The van der Waals surface area contributed by atoms with Gasteiger partial charge in [0, 0.05) is 18.5 Å². The Morgan fingerprint density at radius 2 is 1.89 bits per heavy atom. The van der Waals surface area contributed by atoms with Crippen LogP contribution in [0.3, 0.4) is 0 Å². The molecule has 2 saturated carbocycles. The number of amides is 3. The van der Waals surface area contributed by atoms with Gasteiger partial charge in [0.1, 0.15) is 18.2 Å². The molecule has 6 rings (SSSR count). The lowest BCUT2D eigenvalue weighted by Gasteiger charge is -2.35. The van der Waals surface area contributed by atoms with Crippen molar-refractivity contribution < 1.29 is 23.6 Å². The zero-order valence-electron chi connectivity index (χ0n) is 21.0. The van der Waals surface area contributed by atoms with E-state index in [1.165, 1.54) is 0 Å². The SMILES string of the molecule is CC(C)(C)OC(=O)N[C@H]1C[C@@H](c2nnc(C3CC4(CC4)[C@H]4CN3C(=O)N4OCc3ccccc3)o2)C1. The summed E-state index contributed by atoms with van der Waals surface area (Å²) in [6.45, 7) is 6.50. The van der Waals surface area contributed by atoms with E-state index in [0.717, 1.165) is 37.7 Å². The third-order valence-electron chi connectivity index (χ3n) is 7.82. The van der Waals surface area contributed by atoms with Crippen molar-refractivity contribution in [3.05, 3.63) is 47.7 Å². The first-order valence-electron chi connectivity index (χ1n) is 12.8. The lowest BCUT2D eigenvalue weighted by molar-refractivity contribution is -0.153. The Morgan fingerprint density at radius 1 is 1.17 bits per heavy atom. The Balaban J connectivity index is 1.09. The average Bonchev–Trinajstić information content (AvgIpc) is 3.28. The van der Waals surface area contributed by atoms with Gasteiger partial charge in [-0.3, -0.25) is 4.84 Å². The van der Waals surface area contributed by atoms with E-state index in [2.05, 4.69) is 15.5 Å². The van der Waals surface area contributed by atoms with Crippen LogP contribution in [0.1, 0.15) is 82.2 Å². The van der Waals surface area contributed by atoms with E-state index in [4.69, 9.17) is 14.0 Å². The fourth-order valence-corrected chi connectivity index (χ4v) is 5.67. The zero-order valence-corrected chi connectivity index (χ0v) is 21.0. The van der Waals surface area contributed by atoms with Gasteiger partial charge in [0.15, 0.2) is 0 Å². The zero-order chi connectivity index (χ0) is 25.1. The maximum Gasteiger partial charge on any atom is 0.407 e. The molecule has 1 aromatic carbocycles. The highest BCUT2D eigenvalue weighted by Crippen LogP contribution is 2.61. The number of carbonyl (C=O) groups excluding carboxylic acids is 2. The highest BCUT2D eigenvalue weighted by Gasteiger charge is 2.64. The number of fused-ring (bicyclic) bond motifs is 3. The van der Waals surface area contributed by atoms with Crippen LogP contribution in [0.15, 0.2) is 34.7 Å². The summed E-state index contributed by atoms with van der Waals surface area (Å²) in [5.41, 5.74) is 0.559. The topological polar surface area (TPSA) is 110 Å². The minimum atomic E-state index is -0.526. The number of hydroxylamine groups is 2. The normalized spacial score (nSPS) is 28.2. The summed E-state index contributed by atoms with van der Waals surface area (Å²) in [6, 6.07) is 9.61. The molecule has 1 unspecified atom stereocenters. The molecular weight excluding hydrogens is 462 g/mol. The first-order valence-corrected chi connectivity index (χ1v) is 12.8. The highest BCUT2D eigenvalue weighted by molar-refractivity contribution is 5.77. The molecule has 10 heteroatoms. The average molecular weight is 496 g/mol. The molecule has 0 radical (unpaired) electrons. The van der Waals surface area contributed by atoms with Gasteiger partial charge in [0.25, 0.3) is 0 Å². The van der Waals surface area contributed by atoms with Crippen molar-refractivity contribution in [1.29, 1.82) is 0 Å². The number of alkyl carbamates (subject to hydrolysis) is 1. The lowest BCUT2D eigenvalue weighted by Crippen LogP contribution is -2.45. The van der Waals surface area contributed by atoms with Gasteiger partial charge < -0.3 is 19.4 Å². The molecule has 2 saturated heterocycles. The Kier molecular flexibility index (Phi) is 5.47. The molecule has 4 fully saturated rings. The lowest BCUT2D eigenvalue weighted by atomic mass is 9.80. The van der Waals surface area contributed by atoms with Crippen LogP contribution in [0.2, 0.25) is 0 Å². The number of hydrogen-bond acceptors (Lipinski definition) is 7. The molecule has 3 heterocycles. The van der Waals surface area contributed by atoms with Gasteiger partial charge in [0.05, 0.1) is 6.04 Å². The Bertz CT molecular complexity index is 1140. The van der Waals surface area contributed by atoms with Crippen molar-refractivity contribution in [3.63, 3.8) is 0 Å². The monoisotopic (exact) mass is 495 g/mol. The quantitative estimate of drug-likeness (QED) is 0.636. The van der Waals surface area contributed by atoms with Crippen molar-refractivity contribution in [2.24, 2.45) is 5.41 Å². The molecule has 36 heavy (non-hydrogen) atoms. The van der Waals surface area contributed by atoms with Crippen LogP contribution in [0.5, 0.6) is 0 Å². The molecule has 3 amide bonds. The second-order valence-electron chi connectivity index (χ2n) is 11.6. The number of benzene rings is 1. The standard InChI is InChI=1S/C26H33N5O5/c1-25(2,3)36-23(32)27-18-11-17(12-18)21-28-29-22(35-21)19-13-26(9-10-26)20-14-30(19)24(33)31(20)34-15-16-7-5-4-6-8-16/h4-8,17-20H,9-15H2,1-3H3,(H,27,32)/t17-,18+,19?,20-/m1/s1. The molecule has 1 N–H and O–H groups in total. The molecule has 2 aromatic rings. The van der Waals surface area contributed by atoms with Gasteiger partial charge in [0.2, 0.25) is 11.8 Å². The summed E-state index contributed by atoms with van der Waals surface area (Å²) < 4.78 is 11.5. The second kappa shape index (κ2) is 8.47. The number of nitrogens with one attached hydrogen (secondary N) is 1. The fraction of sp³-hybridized carbons (Fsp3) is 0.615. The largest absolute Gasteiger partial charge is 0.444 e. The predicted molar refractivity (Wildman–Crippen MR) is 127 cm³/mol. The van der Waals surface area contributed by atoms with E-state index in [9.17, 15) is 9.59 Å². The minimum Gasteiger partial charge on any atom is -0.444 e. The summed E-state index contributed by atoms with van der Waals surface area (Å²) in [4.78, 5) is 33.2. The maximum atomic E-state index is 13.3. The summed E-state index contributed by atoms with van der Waals surface area (Å²) in [6.07, 6.45) is 3.99. The molecule has 4 aliphatic rings. The van der Waals surface area contributed by atoms with Gasteiger partial charge in [-0.25, -0.2) is 9.59 Å².